The summed E-state index contributed by atoms with van der Waals surface area (Å²) in [6, 6.07) is 8.23. The minimum atomic E-state index is 0.150. The summed E-state index contributed by atoms with van der Waals surface area (Å²) in [7, 11) is 0. The average Bonchev–Trinajstić information content (AvgIpc) is 3.08. The van der Waals surface area contributed by atoms with Gasteiger partial charge >= 0.3 is 0 Å². The lowest BCUT2D eigenvalue weighted by Crippen LogP contribution is -2.17. The molecule has 3 aromatic rings. The molecule has 104 valence electrons. The van der Waals surface area contributed by atoms with Crippen molar-refractivity contribution in [1.82, 2.24) is 15.3 Å². The molecule has 5 nitrogen and oxygen atoms in total. The van der Waals surface area contributed by atoms with Crippen molar-refractivity contribution in [2.75, 3.05) is 13.2 Å². The highest BCUT2D eigenvalue weighted by Crippen LogP contribution is 2.22. The van der Waals surface area contributed by atoms with Gasteiger partial charge in [0.1, 0.15) is 11.3 Å². The van der Waals surface area contributed by atoms with Gasteiger partial charge in [-0.3, -0.25) is 0 Å². The van der Waals surface area contributed by atoms with E-state index in [2.05, 4.69) is 33.5 Å². The molecule has 0 radical (unpaired) electrons. The molecule has 0 bridgehead atoms. The van der Waals surface area contributed by atoms with E-state index in [1.807, 2.05) is 6.07 Å². The fraction of sp³-hybridized carbons (Fsp3) is 0.267. The summed E-state index contributed by atoms with van der Waals surface area (Å²) in [6.07, 6.45) is 4.19. The van der Waals surface area contributed by atoms with Crippen molar-refractivity contribution in [3.05, 3.63) is 53.8 Å². The van der Waals surface area contributed by atoms with E-state index in [-0.39, 0.29) is 6.61 Å². The molecule has 3 rings (SSSR count). The maximum atomic E-state index is 8.75. The van der Waals surface area contributed by atoms with E-state index in [0.29, 0.717) is 13.0 Å². The van der Waals surface area contributed by atoms with Gasteiger partial charge in [0.2, 0.25) is 0 Å². The highest BCUT2D eigenvalue weighted by atomic mass is 16.3. The van der Waals surface area contributed by atoms with E-state index in [1.54, 1.807) is 12.5 Å². The number of aromatic amines is 1. The molecule has 20 heavy (non-hydrogen) atoms. The van der Waals surface area contributed by atoms with Crippen LogP contribution in [0.2, 0.25) is 0 Å². The monoisotopic (exact) mass is 271 g/mol. The number of nitrogens with one attached hydrogen (secondary N) is 2. The Hall–Kier alpha value is -2.11. The molecular formula is C15H17N3O2. The van der Waals surface area contributed by atoms with E-state index < -0.39 is 0 Å². The Balaban J connectivity index is 1.76. The Bertz CT molecular complexity index is 674. The van der Waals surface area contributed by atoms with Crippen LogP contribution in [0.15, 0.2) is 41.2 Å². The first-order valence-electron chi connectivity index (χ1n) is 6.65. The van der Waals surface area contributed by atoms with Crippen molar-refractivity contribution in [1.29, 1.82) is 0 Å². The third-order valence-electron chi connectivity index (χ3n) is 3.17. The first-order chi connectivity index (χ1) is 9.85. The molecule has 1 aromatic carbocycles. The Morgan fingerprint density at radius 1 is 1.30 bits per heavy atom. The first kappa shape index (κ1) is 12.9. The molecule has 0 amide bonds. The number of rotatable bonds is 6. The summed E-state index contributed by atoms with van der Waals surface area (Å²) in [5, 5.41) is 13.0. The van der Waals surface area contributed by atoms with Gasteiger partial charge in [0.15, 0.2) is 0 Å². The molecule has 0 unspecified atom stereocenters. The highest BCUT2D eigenvalue weighted by Gasteiger charge is 2.06. The summed E-state index contributed by atoms with van der Waals surface area (Å²) in [6.45, 7) is 1.48. The van der Waals surface area contributed by atoms with Gasteiger partial charge < -0.3 is 19.8 Å². The number of hydrogen-bond acceptors (Lipinski definition) is 4. The Kier molecular flexibility index (Phi) is 3.80. The summed E-state index contributed by atoms with van der Waals surface area (Å²) in [4.78, 5) is 7.07. The van der Waals surface area contributed by atoms with Gasteiger partial charge in [0, 0.05) is 36.8 Å². The number of aliphatic hydroxyl groups is 1. The molecule has 0 saturated carbocycles. The molecule has 0 aliphatic carbocycles. The van der Waals surface area contributed by atoms with E-state index in [9.17, 15) is 0 Å². The van der Waals surface area contributed by atoms with Gasteiger partial charge in [-0.05, 0) is 17.7 Å². The van der Waals surface area contributed by atoms with Crippen molar-refractivity contribution in [2.45, 2.75) is 13.0 Å². The quantitative estimate of drug-likeness (QED) is 0.598. The second-order valence-corrected chi connectivity index (χ2v) is 4.74. The lowest BCUT2D eigenvalue weighted by atomic mass is 10.1. The predicted octanol–water partition coefficient (Wildman–Crippen LogP) is 1.83. The first-order valence-corrected chi connectivity index (χ1v) is 6.65. The van der Waals surface area contributed by atoms with Gasteiger partial charge in [0.25, 0.3) is 0 Å². The number of aromatic nitrogens is 2. The maximum Gasteiger partial charge on any atom is 0.134 e. The Morgan fingerprint density at radius 3 is 3.05 bits per heavy atom. The zero-order valence-electron chi connectivity index (χ0n) is 11.1. The van der Waals surface area contributed by atoms with Gasteiger partial charge in [0.05, 0.1) is 12.9 Å². The number of benzene rings is 1. The molecule has 2 heterocycles. The average molecular weight is 271 g/mol. The number of furan rings is 1. The maximum absolute atomic E-state index is 8.75. The van der Waals surface area contributed by atoms with Crippen LogP contribution in [0.5, 0.6) is 0 Å². The minimum absolute atomic E-state index is 0.150. The molecule has 0 saturated heterocycles. The standard InChI is InChI=1S/C15H17N3O2/c19-4-3-16-8-11-1-2-12-6-14(20-15(12)5-11)7-13-9-17-10-18-13/h1-2,5-6,9-10,16,19H,3-4,7-8H2,(H,17,18). The molecule has 0 aliphatic heterocycles. The molecular weight excluding hydrogens is 254 g/mol. The van der Waals surface area contributed by atoms with Gasteiger partial charge in [-0.2, -0.15) is 0 Å². The van der Waals surface area contributed by atoms with Crippen molar-refractivity contribution < 1.29 is 9.52 Å². The molecule has 2 aromatic heterocycles. The number of imidazole rings is 1. The summed E-state index contributed by atoms with van der Waals surface area (Å²) >= 11 is 0. The van der Waals surface area contributed by atoms with Crippen LogP contribution < -0.4 is 5.32 Å². The molecule has 0 fully saturated rings. The van der Waals surface area contributed by atoms with Crippen LogP contribution >= 0.6 is 0 Å². The largest absolute Gasteiger partial charge is 0.461 e. The smallest absolute Gasteiger partial charge is 0.134 e. The van der Waals surface area contributed by atoms with Crippen molar-refractivity contribution in [2.24, 2.45) is 0 Å². The molecule has 5 heteroatoms. The zero-order chi connectivity index (χ0) is 13.8. The topological polar surface area (TPSA) is 74.1 Å². The SMILES string of the molecule is OCCNCc1ccc2cc(Cc3cnc[nH]3)oc2c1. The third kappa shape index (κ3) is 2.89. The van der Waals surface area contributed by atoms with Crippen LogP contribution in [0.4, 0.5) is 0 Å². The van der Waals surface area contributed by atoms with Gasteiger partial charge in [-0.25, -0.2) is 4.98 Å². The zero-order valence-corrected chi connectivity index (χ0v) is 11.1. The second kappa shape index (κ2) is 5.90. The number of aliphatic hydroxyl groups excluding tert-OH is 1. The van der Waals surface area contributed by atoms with E-state index in [1.165, 1.54) is 0 Å². The van der Waals surface area contributed by atoms with Crippen molar-refractivity contribution in [3.63, 3.8) is 0 Å². The molecule has 0 aliphatic rings. The van der Waals surface area contributed by atoms with Gasteiger partial charge in [-0.1, -0.05) is 12.1 Å². The van der Waals surface area contributed by atoms with Crippen LogP contribution in [0.3, 0.4) is 0 Å². The van der Waals surface area contributed by atoms with Crippen molar-refractivity contribution in [3.8, 4) is 0 Å². The minimum Gasteiger partial charge on any atom is -0.461 e. The summed E-state index contributed by atoms with van der Waals surface area (Å²) < 4.78 is 5.86. The fourth-order valence-corrected chi connectivity index (χ4v) is 2.21. The number of H-pyrrole nitrogens is 1. The van der Waals surface area contributed by atoms with Crippen molar-refractivity contribution >= 4 is 11.0 Å². The summed E-state index contributed by atoms with van der Waals surface area (Å²) in [5.41, 5.74) is 3.07. The Labute approximate surface area is 116 Å². The number of nitrogens with zero attached hydrogens (tertiary/aromatic N) is 1. The van der Waals surface area contributed by atoms with Crippen LogP contribution in [0.1, 0.15) is 17.0 Å². The number of hydrogen-bond donors (Lipinski definition) is 3. The van der Waals surface area contributed by atoms with Gasteiger partial charge in [-0.15, -0.1) is 0 Å². The van der Waals surface area contributed by atoms with E-state index in [0.717, 1.165) is 34.5 Å². The Morgan fingerprint density at radius 2 is 2.25 bits per heavy atom. The van der Waals surface area contributed by atoms with Crippen LogP contribution in [0, 0.1) is 0 Å². The van der Waals surface area contributed by atoms with E-state index in [4.69, 9.17) is 9.52 Å². The second-order valence-electron chi connectivity index (χ2n) is 4.74. The molecule has 0 spiro atoms. The van der Waals surface area contributed by atoms with E-state index >= 15 is 0 Å². The predicted molar refractivity (Wildman–Crippen MR) is 76.4 cm³/mol. The lowest BCUT2D eigenvalue weighted by molar-refractivity contribution is 0.292. The lowest BCUT2D eigenvalue weighted by Gasteiger charge is -2.02. The van der Waals surface area contributed by atoms with Crippen LogP contribution in [-0.4, -0.2) is 28.2 Å². The highest BCUT2D eigenvalue weighted by molar-refractivity contribution is 5.78. The fourth-order valence-electron chi connectivity index (χ4n) is 2.21. The van der Waals surface area contributed by atoms with Crippen LogP contribution in [0.25, 0.3) is 11.0 Å². The third-order valence-corrected chi connectivity index (χ3v) is 3.17. The summed E-state index contributed by atoms with van der Waals surface area (Å²) in [5.74, 6) is 0.921. The normalized spacial score (nSPS) is 11.2. The number of fused-ring (bicyclic) bond motifs is 1. The molecule has 3 N–H and O–H groups in total. The molecule has 0 atom stereocenters. The van der Waals surface area contributed by atoms with Crippen LogP contribution in [-0.2, 0) is 13.0 Å².